The van der Waals surface area contributed by atoms with E-state index in [1.165, 1.54) is 20.1 Å². The monoisotopic (exact) mass is 1010 g/mol. The Balaban J connectivity index is 1.50. The lowest BCUT2D eigenvalue weighted by Crippen LogP contribution is -2.46. The Bertz CT molecular complexity index is 3140. The molecule has 7 rings (SSSR count). The van der Waals surface area contributed by atoms with Gasteiger partial charge in [-0.2, -0.15) is 9.10 Å². The van der Waals surface area contributed by atoms with E-state index in [9.17, 15) is 18.3 Å². The molecule has 0 fully saturated rings. The number of ether oxygens (including phenoxy) is 3. The number of rotatable bonds is 20. The number of aromatic amines is 1. The van der Waals surface area contributed by atoms with E-state index >= 15 is 8.42 Å². The molecule has 70 heavy (non-hydrogen) atoms. The van der Waals surface area contributed by atoms with E-state index in [0.717, 1.165) is 5.56 Å². The van der Waals surface area contributed by atoms with Gasteiger partial charge in [-0.05, 0) is 103 Å². The van der Waals surface area contributed by atoms with Crippen molar-refractivity contribution in [3.05, 3.63) is 126 Å². The Kier molecular flexibility index (Phi) is 15.2. The van der Waals surface area contributed by atoms with E-state index in [1.807, 2.05) is 39.0 Å². The summed E-state index contributed by atoms with van der Waals surface area (Å²) in [7, 11) is -6.54. The van der Waals surface area contributed by atoms with E-state index in [4.69, 9.17) is 24.3 Å². The summed E-state index contributed by atoms with van der Waals surface area (Å²) in [5.74, 6) is 1.87. The van der Waals surface area contributed by atoms with E-state index in [1.54, 1.807) is 100 Å². The molecule has 0 saturated heterocycles. The van der Waals surface area contributed by atoms with Gasteiger partial charge in [0.05, 0.1) is 55.1 Å². The van der Waals surface area contributed by atoms with Crippen LogP contribution in [0.3, 0.4) is 0 Å². The molecule has 0 atom stereocenters. The fourth-order valence-electron chi connectivity index (χ4n) is 7.94. The van der Waals surface area contributed by atoms with Crippen LogP contribution in [-0.4, -0.2) is 115 Å². The van der Waals surface area contributed by atoms with Crippen LogP contribution in [0.5, 0.6) is 17.2 Å². The lowest BCUT2D eigenvalue weighted by Gasteiger charge is -2.32. The molecule has 0 aliphatic rings. The number of sulfone groups is 1. The number of aromatic nitrogens is 6. The third-order valence-corrected chi connectivity index (χ3v) is 17.7. The summed E-state index contributed by atoms with van der Waals surface area (Å²) < 4.78 is 79.8. The van der Waals surface area contributed by atoms with Gasteiger partial charge in [-0.15, -0.1) is 10.2 Å². The van der Waals surface area contributed by atoms with Crippen LogP contribution in [-0.2, 0) is 45.9 Å². The molecular formula is C50H60N8O9S2Si. The second-order valence-corrected chi connectivity index (χ2v) is 28.7. The van der Waals surface area contributed by atoms with Gasteiger partial charge in [0, 0.05) is 45.2 Å². The molecular weight excluding hydrogens is 949 g/mol. The first-order valence-electron chi connectivity index (χ1n) is 22.7. The maximum atomic E-state index is 16.2. The zero-order valence-corrected chi connectivity index (χ0v) is 43.6. The lowest BCUT2D eigenvalue weighted by atomic mass is 9.98. The van der Waals surface area contributed by atoms with Crippen LogP contribution in [0, 0.1) is 0 Å². The highest BCUT2D eigenvalue weighted by atomic mass is 32.2. The van der Waals surface area contributed by atoms with Gasteiger partial charge in [0.25, 0.3) is 0 Å². The second-order valence-electron chi connectivity index (χ2n) is 19.1. The van der Waals surface area contributed by atoms with E-state index < -0.39 is 49.4 Å². The number of methoxy groups -OCH3 is 3. The summed E-state index contributed by atoms with van der Waals surface area (Å²) in [5, 5.41) is 23.7. The first-order chi connectivity index (χ1) is 33.1. The number of fused-ring (bicyclic) bond motifs is 1. The summed E-state index contributed by atoms with van der Waals surface area (Å²) in [6, 6.07) is 30.0. The van der Waals surface area contributed by atoms with Crippen LogP contribution in [0.15, 0.2) is 113 Å². The zero-order chi connectivity index (χ0) is 50.6. The molecule has 2 N–H and O–H groups in total. The van der Waals surface area contributed by atoms with Gasteiger partial charge in [-0.25, -0.2) is 26.6 Å². The number of nitrogens with zero attached hydrogens (tertiary/aromatic N) is 7. The van der Waals surface area contributed by atoms with Crippen LogP contribution in [0.4, 0.5) is 4.79 Å². The van der Waals surface area contributed by atoms with Gasteiger partial charge in [-0.3, -0.25) is 0 Å². The number of benzene rings is 5. The summed E-state index contributed by atoms with van der Waals surface area (Å²) >= 11 is 0. The largest absolute Gasteiger partial charge is 0.497 e. The van der Waals surface area contributed by atoms with Crippen LogP contribution < -0.4 is 14.2 Å². The molecule has 0 saturated carbocycles. The van der Waals surface area contributed by atoms with E-state index in [2.05, 4.69) is 34.9 Å². The molecule has 0 radical (unpaired) electrons. The minimum atomic E-state index is -4.87. The molecule has 7 aromatic rings. The van der Waals surface area contributed by atoms with Crippen molar-refractivity contribution in [2.24, 2.45) is 0 Å². The summed E-state index contributed by atoms with van der Waals surface area (Å²) in [6.07, 6.45) is -0.825. The van der Waals surface area contributed by atoms with Gasteiger partial charge in [0.15, 0.2) is 9.84 Å². The van der Waals surface area contributed by atoms with Crippen LogP contribution in [0.1, 0.15) is 43.3 Å². The van der Waals surface area contributed by atoms with Crippen LogP contribution in [0.25, 0.3) is 33.5 Å². The fourth-order valence-corrected chi connectivity index (χ4v) is 14.7. The Labute approximate surface area is 410 Å². The molecule has 20 heteroatoms. The molecule has 1 amide bonds. The first-order valence-corrected chi connectivity index (χ1v) is 29.5. The summed E-state index contributed by atoms with van der Waals surface area (Å²) in [5.41, 5.74) is 3.03. The van der Waals surface area contributed by atoms with Crippen LogP contribution in [0.2, 0.25) is 25.7 Å². The van der Waals surface area contributed by atoms with E-state index in [0.29, 0.717) is 56.8 Å². The molecule has 5 aromatic carbocycles. The van der Waals surface area contributed by atoms with Crippen molar-refractivity contribution in [3.63, 3.8) is 0 Å². The molecule has 0 spiro atoms. The van der Waals surface area contributed by atoms with Crippen molar-refractivity contribution in [2.45, 2.75) is 87.8 Å². The number of sulfonamides is 1. The van der Waals surface area contributed by atoms with Gasteiger partial charge in [-0.1, -0.05) is 74.2 Å². The van der Waals surface area contributed by atoms with Gasteiger partial charge >= 0.3 is 6.09 Å². The molecule has 0 unspecified atom stereocenters. The quantitative estimate of drug-likeness (QED) is 0.0685. The van der Waals surface area contributed by atoms with Crippen molar-refractivity contribution in [1.82, 2.24) is 39.4 Å². The number of para-hydroxylation sites is 1. The molecule has 0 bridgehead atoms. The standard InChI is InChI=1S/C50H60N8O9S2Si/c1-50(2,3)57(49(59)60)28-27-44-51-42-12-10-11-41(46(42)52-44)40-25-26-43(68(61,62)29-30-70(7,8)9)47(45(40)48-53-55-58(54-48)33-36-17-23-39(67-6)24-18-36)69(63,64)56(31-34-13-19-37(65-4)20-14-34)32-35-15-21-38(66-5)22-16-35/h10-26H,27-33H2,1-9H3,(H,51,52)(H,59,60). The molecule has 0 aliphatic carbocycles. The number of carboxylic acid groups (broad SMARTS) is 1. The number of hydrogen-bond acceptors (Lipinski definition) is 12. The highest BCUT2D eigenvalue weighted by Gasteiger charge is 2.38. The Morgan fingerprint density at radius 3 is 1.83 bits per heavy atom. The normalized spacial score (nSPS) is 12.4. The maximum absolute atomic E-state index is 16.2. The number of nitrogens with one attached hydrogen (secondary N) is 1. The Morgan fingerprint density at radius 1 is 0.757 bits per heavy atom. The second kappa shape index (κ2) is 20.8. The average Bonchev–Trinajstić information content (AvgIpc) is 3.97. The molecule has 0 aliphatic heterocycles. The third kappa shape index (κ3) is 11.9. The number of tetrazole rings is 1. The lowest BCUT2D eigenvalue weighted by molar-refractivity contribution is 0.101. The highest BCUT2D eigenvalue weighted by molar-refractivity contribution is 7.93. The number of imidazole rings is 1. The smallest absolute Gasteiger partial charge is 0.407 e. The van der Waals surface area contributed by atoms with Crippen molar-refractivity contribution < 1.29 is 40.9 Å². The van der Waals surface area contributed by atoms with Gasteiger partial charge < -0.3 is 29.2 Å². The van der Waals surface area contributed by atoms with Crippen molar-refractivity contribution >= 4 is 45.1 Å². The predicted octanol–water partition coefficient (Wildman–Crippen LogP) is 8.78. The average molecular weight is 1010 g/mol. The predicted molar refractivity (Wildman–Crippen MR) is 271 cm³/mol. The number of H-pyrrole nitrogens is 1. The minimum absolute atomic E-state index is 0.0774. The van der Waals surface area contributed by atoms with Crippen molar-refractivity contribution in [2.75, 3.05) is 33.6 Å². The van der Waals surface area contributed by atoms with Gasteiger partial charge in [0.1, 0.15) is 28.0 Å². The number of amides is 1. The SMILES string of the molecule is COc1ccc(CN(Cc2ccc(OC)cc2)S(=O)(=O)c2c(S(=O)(=O)CC[Si](C)(C)C)ccc(-c3cccc4[nH]c(CCN(C(=O)O)C(C)(C)C)nc34)c2-c2nnn(Cc3ccc(OC)cc3)n2)cc1. The topological polar surface area (TPSA) is 212 Å². The van der Waals surface area contributed by atoms with Gasteiger partial charge in [0.2, 0.25) is 15.8 Å². The van der Waals surface area contributed by atoms with E-state index in [-0.39, 0.29) is 55.3 Å². The molecule has 2 heterocycles. The summed E-state index contributed by atoms with van der Waals surface area (Å²) in [4.78, 5) is 22.3. The number of hydrogen-bond donors (Lipinski definition) is 2. The third-order valence-electron chi connectivity index (χ3n) is 11.8. The molecule has 370 valence electrons. The van der Waals surface area contributed by atoms with Crippen molar-refractivity contribution in [1.29, 1.82) is 0 Å². The van der Waals surface area contributed by atoms with Crippen LogP contribution >= 0.6 is 0 Å². The Hall–Kier alpha value is -6.61. The molecule has 17 nitrogen and oxygen atoms in total. The fraction of sp³-hybridized carbons (Fsp3) is 0.340. The minimum Gasteiger partial charge on any atom is -0.497 e. The molecule has 2 aromatic heterocycles. The zero-order valence-electron chi connectivity index (χ0n) is 40.9. The van der Waals surface area contributed by atoms with Crippen molar-refractivity contribution in [3.8, 4) is 39.8 Å². The summed E-state index contributed by atoms with van der Waals surface area (Å²) in [6.45, 7) is 11.6. The maximum Gasteiger partial charge on any atom is 0.407 e. The Morgan fingerprint density at radius 2 is 1.31 bits per heavy atom. The number of carbonyl (C=O) groups is 1. The first kappa shape index (κ1) is 51.2. The highest BCUT2D eigenvalue weighted by Crippen LogP contribution is 2.43.